The Morgan fingerprint density at radius 2 is 1.79 bits per heavy atom. The first kappa shape index (κ1) is 31.1. The van der Waals surface area contributed by atoms with E-state index in [9.17, 15) is 19.2 Å². The molecule has 0 radical (unpaired) electrons. The third-order valence-corrected chi connectivity index (χ3v) is 7.60. The second kappa shape index (κ2) is 14.4. The Labute approximate surface area is 260 Å². The van der Waals surface area contributed by atoms with Gasteiger partial charge in [0, 0.05) is 5.69 Å². The van der Waals surface area contributed by atoms with E-state index in [2.05, 4.69) is 21.2 Å². The zero-order valence-electron chi connectivity index (χ0n) is 22.6. The van der Waals surface area contributed by atoms with Crippen LogP contribution in [0.15, 0.2) is 70.0 Å². The first-order chi connectivity index (χ1) is 20.2. The van der Waals surface area contributed by atoms with Crippen LogP contribution in [0.25, 0.3) is 6.08 Å². The van der Waals surface area contributed by atoms with Crippen molar-refractivity contribution in [3.05, 3.63) is 91.8 Å². The standard InChI is InChI=1S/C30H26BrClN2O7S/c1-3-39-24-13-19(12-22(31)27(24)41-17-18-8-6-5-7-9-18)14-25-28(36)34(30(38)42-25)16-26(35)33-20-10-11-23(32)21(15-20)29(37)40-4-2/h5-15H,3-4,16-17H2,1-2H3,(H,33,35)/b25-14+. The Kier molecular flexibility index (Phi) is 10.7. The number of nitrogens with one attached hydrogen (secondary N) is 1. The summed E-state index contributed by atoms with van der Waals surface area (Å²) in [6.45, 7) is 3.88. The molecule has 42 heavy (non-hydrogen) atoms. The van der Waals surface area contributed by atoms with Gasteiger partial charge in [-0.25, -0.2) is 4.79 Å². The normalized spacial score (nSPS) is 13.8. The third kappa shape index (κ3) is 7.72. The molecule has 0 spiro atoms. The van der Waals surface area contributed by atoms with Crippen molar-refractivity contribution < 1.29 is 33.4 Å². The largest absolute Gasteiger partial charge is 0.490 e. The molecular weight excluding hydrogens is 648 g/mol. The quantitative estimate of drug-likeness (QED) is 0.172. The summed E-state index contributed by atoms with van der Waals surface area (Å²) < 4.78 is 17.4. The van der Waals surface area contributed by atoms with Crippen molar-refractivity contribution in [1.82, 2.24) is 4.90 Å². The summed E-state index contributed by atoms with van der Waals surface area (Å²) in [5.74, 6) is -0.891. The molecule has 3 amide bonds. The third-order valence-electron chi connectivity index (χ3n) is 5.78. The fourth-order valence-electron chi connectivity index (χ4n) is 3.90. The first-order valence-electron chi connectivity index (χ1n) is 12.8. The number of esters is 1. The molecule has 0 atom stereocenters. The topological polar surface area (TPSA) is 111 Å². The van der Waals surface area contributed by atoms with Crippen LogP contribution in [0.3, 0.4) is 0 Å². The fourth-order valence-corrected chi connectivity index (χ4v) is 5.51. The molecule has 1 aliphatic heterocycles. The number of anilines is 1. The number of rotatable bonds is 11. The van der Waals surface area contributed by atoms with Crippen LogP contribution in [0.5, 0.6) is 11.5 Å². The van der Waals surface area contributed by atoms with Gasteiger partial charge < -0.3 is 19.5 Å². The number of hydrogen-bond acceptors (Lipinski definition) is 8. The molecule has 1 saturated heterocycles. The van der Waals surface area contributed by atoms with Gasteiger partial charge in [0.25, 0.3) is 11.1 Å². The lowest BCUT2D eigenvalue weighted by Crippen LogP contribution is -2.36. The maximum Gasteiger partial charge on any atom is 0.339 e. The molecule has 3 aromatic carbocycles. The van der Waals surface area contributed by atoms with Crippen LogP contribution in [0, 0.1) is 0 Å². The van der Waals surface area contributed by atoms with Crippen molar-refractivity contribution in [2.24, 2.45) is 0 Å². The van der Waals surface area contributed by atoms with E-state index < -0.39 is 29.6 Å². The summed E-state index contributed by atoms with van der Waals surface area (Å²) >= 11 is 10.3. The maximum atomic E-state index is 13.1. The second-order valence-electron chi connectivity index (χ2n) is 8.77. The molecule has 218 valence electrons. The van der Waals surface area contributed by atoms with Crippen LogP contribution in [-0.4, -0.2) is 47.7 Å². The smallest absolute Gasteiger partial charge is 0.339 e. The summed E-state index contributed by atoms with van der Waals surface area (Å²) in [6.07, 6.45) is 1.56. The minimum absolute atomic E-state index is 0.0829. The SMILES string of the molecule is CCOC(=O)c1cc(NC(=O)CN2C(=O)S/C(=C/c3cc(Br)c(OCc4ccccc4)c(OCC)c3)C2=O)ccc1Cl. The Hall–Kier alpha value is -3.80. The zero-order chi connectivity index (χ0) is 30.2. The molecule has 12 heteroatoms. The lowest BCUT2D eigenvalue weighted by molar-refractivity contribution is -0.127. The molecule has 0 saturated carbocycles. The number of nitrogens with zero attached hydrogens (tertiary/aromatic N) is 1. The van der Waals surface area contributed by atoms with Crippen molar-refractivity contribution in [2.75, 3.05) is 25.1 Å². The highest BCUT2D eigenvalue weighted by Crippen LogP contribution is 2.39. The predicted octanol–water partition coefficient (Wildman–Crippen LogP) is 6.93. The lowest BCUT2D eigenvalue weighted by Gasteiger charge is -2.15. The second-order valence-corrected chi connectivity index (χ2v) is 11.0. The molecule has 4 rings (SSSR count). The summed E-state index contributed by atoms with van der Waals surface area (Å²) in [6, 6.07) is 17.5. The number of ether oxygens (including phenoxy) is 3. The number of amides is 3. The zero-order valence-corrected chi connectivity index (χ0v) is 25.8. The van der Waals surface area contributed by atoms with Gasteiger partial charge in [0.15, 0.2) is 11.5 Å². The van der Waals surface area contributed by atoms with E-state index in [-0.39, 0.29) is 27.8 Å². The van der Waals surface area contributed by atoms with Gasteiger partial charge in [-0.15, -0.1) is 0 Å². The molecule has 1 N–H and O–H groups in total. The van der Waals surface area contributed by atoms with Crippen molar-refractivity contribution in [3.63, 3.8) is 0 Å². The van der Waals surface area contributed by atoms with Gasteiger partial charge in [-0.2, -0.15) is 0 Å². The molecule has 9 nitrogen and oxygen atoms in total. The molecule has 0 unspecified atom stereocenters. The van der Waals surface area contributed by atoms with Gasteiger partial charge in [-0.1, -0.05) is 41.9 Å². The van der Waals surface area contributed by atoms with Crippen LogP contribution < -0.4 is 14.8 Å². The van der Waals surface area contributed by atoms with Gasteiger partial charge in [-0.05, 0) is 89.1 Å². The van der Waals surface area contributed by atoms with Crippen molar-refractivity contribution in [1.29, 1.82) is 0 Å². The van der Waals surface area contributed by atoms with Crippen LogP contribution in [0.4, 0.5) is 10.5 Å². The average Bonchev–Trinajstić information content (AvgIpc) is 3.21. The number of thioether (sulfide) groups is 1. The number of hydrogen-bond donors (Lipinski definition) is 1. The average molecular weight is 674 g/mol. The molecule has 0 aromatic heterocycles. The molecule has 1 aliphatic rings. The molecule has 3 aromatic rings. The number of halogens is 2. The highest BCUT2D eigenvalue weighted by molar-refractivity contribution is 9.10. The van der Waals surface area contributed by atoms with Crippen LogP contribution in [0.1, 0.15) is 35.3 Å². The van der Waals surface area contributed by atoms with Crippen molar-refractivity contribution >= 4 is 74.1 Å². The summed E-state index contributed by atoms with van der Waals surface area (Å²) in [5.41, 5.74) is 1.93. The number of carbonyl (C=O) groups excluding carboxylic acids is 4. The fraction of sp³-hybridized carbons (Fsp3) is 0.200. The predicted molar refractivity (Wildman–Crippen MR) is 165 cm³/mol. The monoisotopic (exact) mass is 672 g/mol. The van der Waals surface area contributed by atoms with E-state index in [4.69, 9.17) is 25.8 Å². The van der Waals surface area contributed by atoms with Gasteiger partial charge in [0.1, 0.15) is 13.2 Å². The van der Waals surface area contributed by atoms with E-state index in [1.807, 2.05) is 37.3 Å². The van der Waals surface area contributed by atoms with Gasteiger partial charge >= 0.3 is 5.97 Å². The van der Waals surface area contributed by atoms with Crippen LogP contribution in [0.2, 0.25) is 5.02 Å². The van der Waals surface area contributed by atoms with Gasteiger partial charge in [0.2, 0.25) is 5.91 Å². The number of carbonyl (C=O) groups is 4. The van der Waals surface area contributed by atoms with Crippen molar-refractivity contribution in [3.8, 4) is 11.5 Å². The number of benzene rings is 3. The number of imide groups is 1. The van der Waals surface area contributed by atoms with Gasteiger partial charge in [-0.3, -0.25) is 19.3 Å². The minimum Gasteiger partial charge on any atom is -0.490 e. The van der Waals surface area contributed by atoms with Crippen molar-refractivity contribution in [2.45, 2.75) is 20.5 Å². The highest BCUT2D eigenvalue weighted by Gasteiger charge is 2.36. The van der Waals surface area contributed by atoms with E-state index in [0.717, 1.165) is 22.2 Å². The van der Waals surface area contributed by atoms with Crippen LogP contribution in [-0.2, 0) is 20.9 Å². The first-order valence-corrected chi connectivity index (χ1v) is 14.8. The van der Waals surface area contributed by atoms with Crippen LogP contribution >= 0.6 is 39.3 Å². The lowest BCUT2D eigenvalue weighted by atomic mass is 10.1. The Balaban J connectivity index is 1.47. The highest BCUT2D eigenvalue weighted by atomic mass is 79.9. The Morgan fingerprint density at radius 3 is 2.50 bits per heavy atom. The van der Waals surface area contributed by atoms with E-state index >= 15 is 0 Å². The van der Waals surface area contributed by atoms with E-state index in [1.54, 1.807) is 25.1 Å². The summed E-state index contributed by atoms with van der Waals surface area (Å²) in [7, 11) is 0. The Bertz CT molecular complexity index is 1550. The Morgan fingerprint density at radius 1 is 1.02 bits per heavy atom. The molecule has 0 bridgehead atoms. The molecule has 1 fully saturated rings. The van der Waals surface area contributed by atoms with Gasteiger partial charge in [0.05, 0.1) is 33.2 Å². The van der Waals surface area contributed by atoms with E-state index in [0.29, 0.717) is 34.7 Å². The molecule has 1 heterocycles. The summed E-state index contributed by atoms with van der Waals surface area (Å²) in [5, 5.41) is 2.16. The molecular formula is C30H26BrClN2O7S. The summed E-state index contributed by atoms with van der Waals surface area (Å²) in [4.78, 5) is 51.5. The molecule has 0 aliphatic carbocycles. The van der Waals surface area contributed by atoms with E-state index in [1.165, 1.54) is 18.2 Å². The minimum atomic E-state index is -0.635. The maximum absolute atomic E-state index is 13.1.